The van der Waals surface area contributed by atoms with Crippen LogP contribution in [0.1, 0.15) is 13.3 Å². The number of carbonyl (C=O) groups excluding carboxylic acids is 1. The van der Waals surface area contributed by atoms with E-state index < -0.39 is 5.82 Å². The van der Waals surface area contributed by atoms with E-state index in [0.29, 0.717) is 6.42 Å². The van der Waals surface area contributed by atoms with Crippen LogP contribution < -0.4 is 11.1 Å². The van der Waals surface area contributed by atoms with Gasteiger partial charge in [-0.15, -0.1) is 0 Å². The Labute approximate surface area is 98.8 Å². The van der Waals surface area contributed by atoms with Crippen LogP contribution in [0.4, 0.5) is 10.1 Å². The van der Waals surface area contributed by atoms with Crippen molar-refractivity contribution in [3.8, 4) is 0 Å². The zero-order valence-electron chi connectivity index (χ0n) is 8.87. The van der Waals surface area contributed by atoms with Gasteiger partial charge in [-0.25, -0.2) is 4.39 Å². The van der Waals surface area contributed by atoms with Gasteiger partial charge in [-0.1, -0.05) is 31.3 Å². The number of benzene rings is 1. The van der Waals surface area contributed by atoms with Crippen molar-refractivity contribution in [2.24, 2.45) is 11.7 Å². The van der Waals surface area contributed by atoms with Gasteiger partial charge in [0, 0.05) is 12.3 Å². The van der Waals surface area contributed by atoms with Crippen molar-refractivity contribution in [1.82, 2.24) is 0 Å². The summed E-state index contributed by atoms with van der Waals surface area (Å²) in [6.45, 7) is 1.69. The van der Waals surface area contributed by atoms with E-state index >= 15 is 0 Å². The number of amides is 1. The van der Waals surface area contributed by atoms with E-state index in [1.165, 1.54) is 12.1 Å². The fraction of sp³-hybridized carbons (Fsp3) is 0.273. The molecule has 0 aliphatic rings. The summed E-state index contributed by atoms with van der Waals surface area (Å²) in [5.41, 5.74) is 5.50. The molecule has 0 bridgehead atoms. The molecule has 0 heterocycles. The van der Waals surface area contributed by atoms with E-state index in [9.17, 15) is 9.18 Å². The lowest BCUT2D eigenvalue weighted by atomic mass is 10.1. The van der Waals surface area contributed by atoms with Gasteiger partial charge >= 0.3 is 0 Å². The molecule has 5 heteroatoms. The molecule has 0 spiro atoms. The largest absolute Gasteiger partial charge is 0.393 e. The van der Waals surface area contributed by atoms with Crippen molar-refractivity contribution in [2.45, 2.75) is 13.3 Å². The fourth-order valence-electron chi connectivity index (χ4n) is 1.21. The molecule has 1 rings (SSSR count). The van der Waals surface area contributed by atoms with Crippen LogP contribution in [0.3, 0.4) is 0 Å². The third-order valence-electron chi connectivity index (χ3n) is 2.09. The number of hydrogen-bond donors (Lipinski definition) is 2. The van der Waals surface area contributed by atoms with Crippen LogP contribution in [0.5, 0.6) is 0 Å². The van der Waals surface area contributed by atoms with Gasteiger partial charge in [-0.05, 0) is 12.1 Å². The SMILES string of the molecule is CC(CC(N)=S)C(=O)Nc1ccccc1F. The second kappa shape index (κ2) is 5.55. The molecule has 0 aromatic heterocycles. The van der Waals surface area contributed by atoms with Gasteiger partial charge in [-0.3, -0.25) is 4.79 Å². The minimum absolute atomic E-state index is 0.169. The van der Waals surface area contributed by atoms with Crippen LogP contribution in [0.25, 0.3) is 0 Å². The molecule has 16 heavy (non-hydrogen) atoms. The molecule has 0 saturated heterocycles. The Hall–Kier alpha value is -1.49. The van der Waals surface area contributed by atoms with Crippen molar-refractivity contribution in [3.05, 3.63) is 30.1 Å². The molecule has 1 amide bonds. The lowest BCUT2D eigenvalue weighted by molar-refractivity contribution is -0.119. The predicted octanol–water partition coefficient (Wildman–Crippen LogP) is 2.08. The molecule has 1 unspecified atom stereocenters. The normalized spacial score (nSPS) is 11.9. The number of rotatable bonds is 4. The van der Waals surface area contributed by atoms with E-state index in [1.807, 2.05) is 0 Å². The molecule has 1 aromatic rings. The average molecular weight is 240 g/mol. The highest BCUT2D eigenvalue weighted by Crippen LogP contribution is 2.14. The minimum atomic E-state index is -0.460. The number of hydrogen-bond acceptors (Lipinski definition) is 2. The maximum Gasteiger partial charge on any atom is 0.227 e. The van der Waals surface area contributed by atoms with Crippen LogP contribution in [0.15, 0.2) is 24.3 Å². The summed E-state index contributed by atoms with van der Waals surface area (Å²) >= 11 is 4.71. The second-order valence-electron chi connectivity index (χ2n) is 3.54. The third kappa shape index (κ3) is 3.58. The monoisotopic (exact) mass is 240 g/mol. The Kier molecular flexibility index (Phi) is 4.37. The molecule has 0 saturated carbocycles. The number of para-hydroxylation sites is 1. The Balaban J connectivity index is 2.64. The van der Waals surface area contributed by atoms with E-state index in [0.717, 1.165) is 0 Å². The summed E-state index contributed by atoms with van der Waals surface area (Å²) in [4.78, 5) is 11.9. The van der Waals surface area contributed by atoms with Crippen molar-refractivity contribution in [3.63, 3.8) is 0 Å². The number of thiocarbonyl (C=S) groups is 1. The van der Waals surface area contributed by atoms with Gasteiger partial charge in [0.15, 0.2) is 0 Å². The van der Waals surface area contributed by atoms with Crippen LogP contribution >= 0.6 is 12.2 Å². The quantitative estimate of drug-likeness (QED) is 0.792. The van der Waals surface area contributed by atoms with Gasteiger partial charge in [0.1, 0.15) is 5.82 Å². The first kappa shape index (κ1) is 12.6. The Bertz CT molecular complexity index is 409. The summed E-state index contributed by atoms with van der Waals surface area (Å²) in [5, 5.41) is 2.49. The smallest absolute Gasteiger partial charge is 0.227 e. The summed E-state index contributed by atoms with van der Waals surface area (Å²) in [6, 6.07) is 5.99. The fourth-order valence-corrected chi connectivity index (χ4v) is 1.46. The molecule has 0 fully saturated rings. The molecule has 1 atom stereocenters. The lowest BCUT2D eigenvalue weighted by Gasteiger charge is -2.11. The molecule has 1 aromatic carbocycles. The highest BCUT2D eigenvalue weighted by molar-refractivity contribution is 7.80. The van der Waals surface area contributed by atoms with Gasteiger partial charge in [0.05, 0.1) is 10.7 Å². The minimum Gasteiger partial charge on any atom is -0.393 e. The Morgan fingerprint density at radius 1 is 1.56 bits per heavy atom. The summed E-state index contributed by atoms with van der Waals surface area (Å²) in [5.74, 6) is -1.12. The van der Waals surface area contributed by atoms with Crippen molar-refractivity contribution in [1.29, 1.82) is 0 Å². The summed E-state index contributed by atoms with van der Waals surface area (Å²) in [7, 11) is 0. The van der Waals surface area contributed by atoms with E-state index in [2.05, 4.69) is 5.32 Å². The topological polar surface area (TPSA) is 55.1 Å². The maximum atomic E-state index is 13.2. The molecule has 0 aliphatic carbocycles. The van der Waals surface area contributed by atoms with Gasteiger partial charge in [0.2, 0.25) is 5.91 Å². The zero-order chi connectivity index (χ0) is 12.1. The molecule has 0 aliphatic heterocycles. The van der Waals surface area contributed by atoms with Crippen LogP contribution in [0.2, 0.25) is 0 Å². The second-order valence-corrected chi connectivity index (χ2v) is 4.06. The molecule has 3 N–H and O–H groups in total. The van der Waals surface area contributed by atoms with Crippen LogP contribution in [0, 0.1) is 11.7 Å². The van der Waals surface area contributed by atoms with E-state index in [-0.39, 0.29) is 22.5 Å². The highest BCUT2D eigenvalue weighted by atomic mass is 32.1. The van der Waals surface area contributed by atoms with E-state index in [1.54, 1.807) is 19.1 Å². The predicted molar refractivity (Wildman–Crippen MR) is 65.6 cm³/mol. The lowest BCUT2D eigenvalue weighted by Crippen LogP contribution is -2.25. The summed E-state index contributed by atoms with van der Waals surface area (Å²) in [6.07, 6.45) is 0.315. The first-order valence-electron chi connectivity index (χ1n) is 4.84. The average Bonchev–Trinajstić information content (AvgIpc) is 2.20. The number of carbonyl (C=O) groups is 1. The van der Waals surface area contributed by atoms with Crippen molar-refractivity contribution in [2.75, 3.05) is 5.32 Å². The number of anilines is 1. The molecule has 86 valence electrons. The number of nitrogens with one attached hydrogen (secondary N) is 1. The van der Waals surface area contributed by atoms with Gasteiger partial charge in [0.25, 0.3) is 0 Å². The van der Waals surface area contributed by atoms with Crippen molar-refractivity contribution < 1.29 is 9.18 Å². The highest BCUT2D eigenvalue weighted by Gasteiger charge is 2.15. The zero-order valence-corrected chi connectivity index (χ0v) is 9.68. The van der Waals surface area contributed by atoms with Crippen molar-refractivity contribution >= 4 is 28.8 Å². The van der Waals surface area contributed by atoms with Gasteiger partial charge in [-0.2, -0.15) is 0 Å². The van der Waals surface area contributed by atoms with Gasteiger partial charge < -0.3 is 11.1 Å². The Morgan fingerprint density at radius 2 is 2.19 bits per heavy atom. The number of halogens is 1. The standard InChI is InChI=1S/C11H13FN2OS/c1-7(6-10(13)16)11(15)14-9-5-3-2-4-8(9)12/h2-5,7H,6H2,1H3,(H2,13,16)(H,14,15). The molecule has 3 nitrogen and oxygen atoms in total. The molecular formula is C11H13FN2OS. The first-order valence-corrected chi connectivity index (χ1v) is 5.25. The summed E-state index contributed by atoms with van der Waals surface area (Å²) < 4.78 is 13.2. The first-order chi connectivity index (χ1) is 7.50. The maximum absolute atomic E-state index is 13.2. The van der Waals surface area contributed by atoms with Crippen LogP contribution in [-0.2, 0) is 4.79 Å². The van der Waals surface area contributed by atoms with Crippen LogP contribution in [-0.4, -0.2) is 10.9 Å². The Morgan fingerprint density at radius 3 is 2.75 bits per heavy atom. The molecule has 0 radical (unpaired) electrons. The third-order valence-corrected chi connectivity index (χ3v) is 2.25. The molecular weight excluding hydrogens is 227 g/mol. The van der Waals surface area contributed by atoms with E-state index in [4.69, 9.17) is 18.0 Å². The number of nitrogens with two attached hydrogens (primary N) is 1.